The molecule has 8 heteroatoms. The van der Waals surface area contributed by atoms with Crippen molar-refractivity contribution in [3.8, 4) is 0 Å². The average Bonchev–Trinajstić information content (AvgIpc) is 2.42. The summed E-state index contributed by atoms with van der Waals surface area (Å²) in [4.78, 5) is 5.66. The number of piperidine rings is 1. The Morgan fingerprint density at radius 3 is 2.30 bits per heavy atom. The molecule has 0 bridgehead atoms. The van der Waals surface area contributed by atoms with Gasteiger partial charge in [0.25, 0.3) is 0 Å². The highest BCUT2D eigenvalue weighted by Crippen LogP contribution is 2.23. The lowest BCUT2D eigenvalue weighted by Gasteiger charge is -2.32. The van der Waals surface area contributed by atoms with Gasteiger partial charge in [-0.3, -0.25) is 9.89 Å². The lowest BCUT2D eigenvalue weighted by atomic mass is 9.93. The number of likely N-dealkylation sites (tertiary alicyclic amines) is 1. The van der Waals surface area contributed by atoms with E-state index in [0.717, 1.165) is 38.3 Å². The Bertz CT molecular complexity index is 340. The Labute approximate surface area is 154 Å². The van der Waals surface area contributed by atoms with Crippen LogP contribution in [0.1, 0.15) is 33.1 Å². The largest absolute Gasteiger partial charge is 0.401 e. The molecule has 0 saturated carbocycles. The number of hydrogen-bond donors (Lipinski definition) is 2. The van der Waals surface area contributed by atoms with Gasteiger partial charge < -0.3 is 10.6 Å². The quantitative estimate of drug-likeness (QED) is 0.371. The minimum absolute atomic E-state index is 0. The fraction of sp³-hybridized carbons (Fsp3) is 0.933. The zero-order chi connectivity index (χ0) is 16.6. The first-order valence-electron chi connectivity index (χ1n) is 8.03. The van der Waals surface area contributed by atoms with Crippen LogP contribution >= 0.6 is 24.0 Å². The molecular weight excluding hydrogens is 420 g/mol. The normalized spacial score (nSPS) is 18.0. The molecule has 23 heavy (non-hydrogen) atoms. The summed E-state index contributed by atoms with van der Waals surface area (Å²) < 4.78 is 37.0. The molecule has 0 radical (unpaired) electrons. The highest BCUT2D eigenvalue weighted by atomic mass is 127. The van der Waals surface area contributed by atoms with Crippen molar-refractivity contribution in [3.63, 3.8) is 0 Å². The number of alkyl halides is 3. The molecule has 0 unspecified atom stereocenters. The summed E-state index contributed by atoms with van der Waals surface area (Å²) in [7, 11) is 1.74. The first-order chi connectivity index (χ1) is 10.3. The Morgan fingerprint density at radius 2 is 1.83 bits per heavy atom. The van der Waals surface area contributed by atoms with Gasteiger partial charge in [0.1, 0.15) is 0 Å². The molecule has 1 saturated heterocycles. The molecule has 4 nitrogen and oxygen atoms in total. The van der Waals surface area contributed by atoms with Gasteiger partial charge in [0.15, 0.2) is 5.96 Å². The zero-order valence-corrected chi connectivity index (χ0v) is 16.6. The molecule has 0 amide bonds. The number of nitrogens with one attached hydrogen (secondary N) is 2. The number of aliphatic imine (C=N–C) groups is 1. The number of hydrogen-bond acceptors (Lipinski definition) is 2. The van der Waals surface area contributed by atoms with Gasteiger partial charge in [-0.1, -0.05) is 13.8 Å². The molecule has 1 aliphatic heterocycles. The maximum atomic E-state index is 12.3. The summed E-state index contributed by atoms with van der Waals surface area (Å²) in [6.07, 6.45) is -1.42. The van der Waals surface area contributed by atoms with Gasteiger partial charge in [0, 0.05) is 20.1 Å². The maximum Gasteiger partial charge on any atom is 0.401 e. The molecule has 0 aliphatic carbocycles. The van der Waals surface area contributed by atoms with Gasteiger partial charge >= 0.3 is 6.18 Å². The summed E-state index contributed by atoms with van der Waals surface area (Å²) in [5, 5.41) is 6.51. The predicted octanol–water partition coefficient (Wildman–Crippen LogP) is 3.09. The average molecular weight is 450 g/mol. The van der Waals surface area contributed by atoms with Crippen LogP contribution in [0, 0.1) is 11.8 Å². The third-order valence-electron chi connectivity index (χ3n) is 3.86. The van der Waals surface area contributed by atoms with Crippen LogP contribution in [0.3, 0.4) is 0 Å². The van der Waals surface area contributed by atoms with Crippen molar-refractivity contribution in [2.45, 2.75) is 39.3 Å². The van der Waals surface area contributed by atoms with Gasteiger partial charge in [-0.25, -0.2) is 0 Å². The van der Waals surface area contributed by atoms with E-state index in [0.29, 0.717) is 24.9 Å². The van der Waals surface area contributed by atoms with Crippen LogP contribution in [0.2, 0.25) is 0 Å². The van der Waals surface area contributed by atoms with E-state index in [2.05, 4.69) is 29.5 Å². The van der Waals surface area contributed by atoms with Crippen LogP contribution in [-0.2, 0) is 0 Å². The number of guanidine groups is 1. The summed E-state index contributed by atoms with van der Waals surface area (Å²) in [6.45, 7) is 6.26. The van der Waals surface area contributed by atoms with Crippen molar-refractivity contribution >= 4 is 29.9 Å². The van der Waals surface area contributed by atoms with Crippen molar-refractivity contribution in [2.24, 2.45) is 16.8 Å². The topological polar surface area (TPSA) is 39.7 Å². The molecule has 0 aromatic rings. The number of nitrogens with zero attached hydrogens (tertiary/aromatic N) is 2. The molecule has 1 rings (SSSR count). The molecule has 0 aromatic carbocycles. The third kappa shape index (κ3) is 11.0. The highest BCUT2D eigenvalue weighted by molar-refractivity contribution is 14.0. The van der Waals surface area contributed by atoms with E-state index < -0.39 is 12.7 Å². The van der Waals surface area contributed by atoms with Gasteiger partial charge in [-0.05, 0) is 44.2 Å². The van der Waals surface area contributed by atoms with Crippen LogP contribution in [0.15, 0.2) is 4.99 Å². The second kappa shape index (κ2) is 11.3. The van der Waals surface area contributed by atoms with Gasteiger partial charge in [0.05, 0.1) is 6.54 Å². The monoisotopic (exact) mass is 450 g/mol. The maximum absolute atomic E-state index is 12.3. The molecule has 1 aliphatic rings. The standard InChI is InChI=1S/C15H29F3N4.HI/c1-12(2)10-21-14(19-3)20-7-4-13-5-8-22(9-6-13)11-15(16,17)18;/h12-13H,4-11H2,1-3H3,(H2,19,20,21);1H. The number of halogens is 4. The zero-order valence-electron chi connectivity index (χ0n) is 14.2. The Balaban J connectivity index is 0.00000484. The van der Waals surface area contributed by atoms with E-state index in [1.54, 1.807) is 7.05 Å². The van der Waals surface area contributed by atoms with Crippen molar-refractivity contribution in [1.29, 1.82) is 0 Å². The molecule has 0 atom stereocenters. The minimum atomic E-state index is -4.08. The molecule has 2 N–H and O–H groups in total. The molecule has 0 aromatic heterocycles. The van der Waals surface area contributed by atoms with Gasteiger partial charge in [-0.2, -0.15) is 13.2 Å². The second-order valence-electron chi connectivity index (χ2n) is 6.40. The van der Waals surface area contributed by atoms with E-state index >= 15 is 0 Å². The summed E-state index contributed by atoms with van der Waals surface area (Å²) in [5.74, 6) is 1.85. The fourth-order valence-electron chi connectivity index (χ4n) is 2.60. The first-order valence-corrected chi connectivity index (χ1v) is 8.03. The Hall–Kier alpha value is -0.250. The van der Waals surface area contributed by atoms with Crippen LogP contribution in [0.25, 0.3) is 0 Å². The van der Waals surface area contributed by atoms with Crippen molar-refractivity contribution < 1.29 is 13.2 Å². The first kappa shape index (κ1) is 22.8. The summed E-state index contributed by atoms with van der Waals surface area (Å²) in [6, 6.07) is 0. The second-order valence-corrected chi connectivity index (χ2v) is 6.40. The predicted molar refractivity (Wildman–Crippen MR) is 99.5 cm³/mol. The molecule has 0 spiro atoms. The lowest BCUT2D eigenvalue weighted by Crippen LogP contribution is -2.42. The Morgan fingerprint density at radius 1 is 1.22 bits per heavy atom. The summed E-state index contributed by atoms with van der Waals surface area (Å²) >= 11 is 0. The van der Waals surface area contributed by atoms with E-state index in [-0.39, 0.29) is 24.0 Å². The van der Waals surface area contributed by atoms with E-state index in [4.69, 9.17) is 0 Å². The molecule has 1 fully saturated rings. The van der Waals surface area contributed by atoms with Crippen molar-refractivity contribution in [1.82, 2.24) is 15.5 Å². The van der Waals surface area contributed by atoms with E-state index in [9.17, 15) is 13.2 Å². The third-order valence-corrected chi connectivity index (χ3v) is 3.86. The number of rotatable bonds is 6. The lowest BCUT2D eigenvalue weighted by molar-refractivity contribution is -0.148. The minimum Gasteiger partial charge on any atom is -0.356 e. The van der Waals surface area contributed by atoms with Crippen molar-refractivity contribution in [2.75, 3.05) is 39.8 Å². The summed E-state index contributed by atoms with van der Waals surface area (Å²) in [5.41, 5.74) is 0. The van der Waals surface area contributed by atoms with Crippen LogP contribution < -0.4 is 10.6 Å². The fourth-order valence-corrected chi connectivity index (χ4v) is 2.60. The SMILES string of the molecule is CN=C(NCCC1CCN(CC(F)(F)F)CC1)NCC(C)C.I. The van der Waals surface area contributed by atoms with Crippen LogP contribution in [0.4, 0.5) is 13.2 Å². The van der Waals surface area contributed by atoms with Crippen LogP contribution in [0.5, 0.6) is 0 Å². The van der Waals surface area contributed by atoms with Crippen LogP contribution in [-0.4, -0.2) is 56.8 Å². The van der Waals surface area contributed by atoms with Gasteiger partial charge in [0.2, 0.25) is 0 Å². The molecule has 1 heterocycles. The molecular formula is C15H30F3IN4. The van der Waals surface area contributed by atoms with E-state index in [1.807, 2.05) is 0 Å². The van der Waals surface area contributed by atoms with Gasteiger partial charge in [-0.15, -0.1) is 24.0 Å². The molecule has 138 valence electrons. The van der Waals surface area contributed by atoms with E-state index in [1.165, 1.54) is 4.90 Å². The van der Waals surface area contributed by atoms with Crippen molar-refractivity contribution in [3.05, 3.63) is 0 Å². The smallest absolute Gasteiger partial charge is 0.356 e. The highest BCUT2D eigenvalue weighted by Gasteiger charge is 2.32. The Kier molecular flexibility index (Phi) is 11.2.